The van der Waals surface area contributed by atoms with Gasteiger partial charge in [-0.1, -0.05) is 0 Å². The van der Waals surface area contributed by atoms with Crippen molar-refractivity contribution in [2.45, 2.75) is 38.7 Å². The zero-order valence-corrected chi connectivity index (χ0v) is 13.5. The van der Waals surface area contributed by atoms with Crippen LogP contribution in [-0.2, 0) is 14.3 Å². The molecule has 0 spiro atoms. The summed E-state index contributed by atoms with van der Waals surface area (Å²) in [5.74, 6) is -1.47. The van der Waals surface area contributed by atoms with Crippen LogP contribution in [0.25, 0.3) is 11.2 Å². The molecule has 3 N–H and O–H groups in total. The van der Waals surface area contributed by atoms with E-state index in [1.807, 2.05) is 0 Å². The van der Waals surface area contributed by atoms with Crippen LogP contribution in [0, 0.1) is 0 Å². The van der Waals surface area contributed by atoms with E-state index in [9.17, 15) is 24.6 Å². The number of rotatable bonds is 3. The summed E-state index contributed by atoms with van der Waals surface area (Å²) in [7, 11) is 0. The average molecular weight is 351 g/mol. The number of imide groups is 1. The molecule has 0 radical (unpaired) electrons. The largest absolute Gasteiger partial charge is 0.394 e. The van der Waals surface area contributed by atoms with Gasteiger partial charge in [0.25, 0.3) is 5.56 Å². The van der Waals surface area contributed by atoms with Gasteiger partial charge in [-0.25, -0.2) is 9.88 Å². The summed E-state index contributed by atoms with van der Waals surface area (Å²) in [6.45, 7) is 2.07. The van der Waals surface area contributed by atoms with E-state index in [1.165, 1.54) is 24.7 Å². The molecule has 25 heavy (non-hydrogen) atoms. The van der Waals surface area contributed by atoms with Crippen LogP contribution in [0.1, 0.15) is 26.5 Å². The van der Waals surface area contributed by atoms with Crippen LogP contribution in [0.3, 0.4) is 0 Å². The number of nitrogens with one attached hydrogen (secondary N) is 1. The lowest BCUT2D eigenvalue weighted by molar-refractivity contribution is -0.124. The number of hydrogen-bond acceptors (Lipinski definition) is 8. The molecule has 3 heterocycles. The number of aromatic nitrogens is 4. The monoisotopic (exact) mass is 351 g/mol. The van der Waals surface area contributed by atoms with Gasteiger partial charge in [-0.15, -0.1) is 0 Å². The Morgan fingerprint density at radius 2 is 2.12 bits per heavy atom. The van der Waals surface area contributed by atoms with Crippen LogP contribution in [0.4, 0.5) is 5.95 Å². The molecule has 0 saturated carbocycles. The van der Waals surface area contributed by atoms with Gasteiger partial charge in [0, 0.05) is 20.3 Å². The highest BCUT2D eigenvalue weighted by Crippen LogP contribution is 2.30. The summed E-state index contributed by atoms with van der Waals surface area (Å²) in [6, 6.07) is 0. The Kier molecular flexibility index (Phi) is 4.37. The maximum absolute atomic E-state index is 12.2. The molecule has 0 bridgehead atoms. The van der Waals surface area contributed by atoms with Crippen molar-refractivity contribution in [3.8, 4) is 0 Å². The van der Waals surface area contributed by atoms with Crippen LogP contribution >= 0.6 is 0 Å². The van der Waals surface area contributed by atoms with E-state index in [-0.39, 0.29) is 30.1 Å². The van der Waals surface area contributed by atoms with Gasteiger partial charge in [0.15, 0.2) is 17.4 Å². The van der Waals surface area contributed by atoms with Crippen molar-refractivity contribution in [3.05, 3.63) is 16.7 Å². The lowest BCUT2D eigenvalue weighted by Gasteiger charge is -2.18. The zero-order chi connectivity index (χ0) is 18.3. The van der Waals surface area contributed by atoms with Crippen molar-refractivity contribution >= 4 is 28.9 Å². The second kappa shape index (κ2) is 6.35. The highest BCUT2D eigenvalue weighted by molar-refractivity contribution is 6.12. The minimum Gasteiger partial charge on any atom is -0.394 e. The number of imidazole rings is 1. The van der Waals surface area contributed by atoms with E-state index in [1.54, 1.807) is 0 Å². The van der Waals surface area contributed by atoms with Crippen molar-refractivity contribution in [2.24, 2.45) is 0 Å². The third-order valence-electron chi connectivity index (χ3n) is 3.90. The predicted molar refractivity (Wildman–Crippen MR) is 83.6 cm³/mol. The number of aliphatic hydroxyl groups is 2. The topological polar surface area (TPSA) is 151 Å². The standard InChI is InChI=1S/C14H17N5O6/c1-6(21)19(7(2)22)14-16-11-10(12(24)17-14)15-5-18(11)13-9(23)3-8(4-20)25-13/h5,8-9,13,20,23H,3-4H2,1-2H3,(H,16,17,24)/t8-,9?,13+/m0/s1. The molecule has 2 amide bonds. The van der Waals surface area contributed by atoms with Gasteiger partial charge in [0.05, 0.1) is 19.0 Å². The molecule has 1 aliphatic rings. The number of ether oxygens (including phenoxy) is 1. The summed E-state index contributed by atoms with van der Waals surface area (Å²) >= 11 is 0. The Bertz CT molecular complexity index is 875. The quantitative estimate of drug-likeness (QED) is 0.615. The number of aromatic amines is 1. The van der Waals surface area contributed by atoms with E-state index < -0.39 is 35.8 Å². The van der Waals surface area contributed by atoms with Crippen LogP contribution in [-0.4, -0.2) is 60.4 Å². The molecule has 1 aliphatic heterocycles. The number of hydrogen-bond donors (Lipinski definition) is 3. The average Bonchev–Trinajstić information content (AvgIpc) is 3.10. The number of fused-ring (bicyclic) bond motifs is 1. The first-order valence-corrected chi connectivity index (χ1v) is 7.56. The number of anilines is 1. The van der Waals surface area contributed by atoms with E-state index in [0.717, 1.165) is 4.90 Å². The molecule has 134 valence electrons. The van der Waals surface area contributed by atoms with Crippen LogP contribution < -0.4 is 10.5 Å². The zero-order valence-electron chi connectivity index (χ0n) is 13.5. The molecule has 3 atom stereocenters. The first-order chi connectivity index (χ1) is 11.8. The molecular weight excluding hydrogens is 334 g/mol. The minimum atomic E-state index is -0.934. The SMILES string of the molecule is CC(=O)N(C(C)=O)c1nc2c(ncn2[C@@H]2O[C@H](CO)CC2O)c(=O)[nH]1. The number of H-pyrrole nitrogens is 1. The number of nitrogens with zero attached hydrogens (tertiary/aromatic N) is 4. The molecular formula is C14H17N5O6. The molecule has 2 aromatic rings. The van der Waals surface area contributed by atoms with Crippen molar-refractivity contribution in [2.75, 3.05) is 11.5 Å². The molecule has 1 unspecified atom stereocenters. The molecule has 3 rings (SSSR count). The third kappa shape index (κ3) is 2.92. The maximum atomic E-state index is 12.2. The third-order valence-corrected chi connectivity index (χ3v) is 3.90. The molecule has 2 aromatic heterocycles. The first kappa shape index (κ1) is 17.2. The van der Waals surface area contributed by atoms with Gasteiger partial charge >= 0.3 is 0 Å². The highest BCUT2D eigenvalue weighted by Gasteiger charge is 2.36. The van der Waals surface area contributed by atoms with Gasteiger partial charge in [-0.3, -0.25) is 23.9 Å². The minimum absolute atomic E-state index is 0.0287. The van der Waals surface area contributed by atoms with Crippen LogP contribution in [0.2, 0.25) is 0 Å². The Morgan fingerprint density at radius 3 is 2.68 bits per heavy atom. The number of carbonyl (C=O) groups is 2. The molecule has 0 aliphatic carbocycles. The number of amides is 2. The molecule has 1 fully saturated rings. The van der Waals surface area contributed by atoms with E-state index in [0.29, 0.717) is 0 Å². The fourth-order valence-electron chi connectivity index (χ4n) is 2.82. The lowest BCUT2D eigenvalue weighted by Crippen LogP contribution is -2.36. The predicted octanol–water partition coefficient (Wildman–Crippen LogP) is -1.34. The highest BCUT2D eigenvalue weighted by atomic mass is 16.5. The Morgan fingerprint density at radius 1 is 1.44 bits per heavy atom. The maximum Gasteiger partial charge on any atom is 0.280 e. The Balaban J connectivity index is 2.12. The molecule has 0 aromatic carbocycles. The van der Waals surface area contributed by atoms with Crippen LogP contribution in [0.15, 0.2) is 11.1 Å². The Labute approximate surface area is 140 Å². The van der Waals surface area contributed by atoms with Crippen molar-refractivity contribution < 1.29 is 24.5 Å². The lowest BCUT2D eigenvalue weighted by atomic mass is 10.2. The number of aliphatic hydroxyl groups excluding tert-OH is 2. The molecule has 11 nitrogen and oxygen atoms in total. The summed E-state index contributed by atoms with van der Waals surface area (Å²) in [4.78, 5) is 46.7. The molecule has 1 saturated heterocycles. The molecule has 11 heteroatoms. The van der Waals surface area contributed by atoms with Gasteiger partial charge in [0.2, 0.25) is 17.8 Å². The van der Waals surface area contributed by atoms with Crippen molar-refractivity contribution in [1.29, 1.82) is 0 Å². The Hall–Kier alpha value is -2.63. The van der Waals surface area contributed by atoms with Gasteiger partial charge < -0.3 is 14.9 Å². The summed E-state index contributed by atoms with van der Waals surface area (Å²) < 4.78 is 6.87. The summed E-state index contributed by atoms with van der Waals surface area (Å²) in [5.41, 5.74) is -0.620. The van der Waals surface area contributed by atoms with E-state index in [4.69, 9.17) is 4.74 Å². The van der Waals surface area contributed by atoms with Gasteiger partial charge in [-0.05, 0) is 0 Å². The summed E-state index contributed by atoms with van der Waals surface area (Å²) in [6.07, 6.45) is -0.895. The first-order valence-electron chi connectivity index (χ1n) is 7.56. The van der Waals surface area contributed by atoms with E-state index >= 15 is 0 Å². The fraction of sp³-hybridized carbons (Fsp3) is 0.500. The normalized spacial score (nSPS) is 23.1. The second-order valence-corrected chi connectivity index (χ2v) is 5.72. The van der Waals surface area contributed by atoms with Crippen LogP contribution in [0.5, 0.6) is 0 Å². The van der Waals surface area contributed by atoms with Crippen molar-refractivity contribution in [3.63, 3.8) is 0 Å². The second-order valence-electron chi connectivity index (χ2n) is 5.72. The summed E-state index contributed by atoms with van der Waals surface area (Å²) in [5, 5.41) is 19.3. The number of carbonyl (C=O) groups excluding carboxylic acids is 2. The van der Waals surface area contributed by atoms with Crippen molar-refractivity contribution in [1.82, 2.24) is 19.5 Å². The van der Waals surface area contributed by atoms with Gasteiger partial charge in [-0.2, -0.15) is 4.98 Å². The smallest absolute Gasteiger partial charge is 0.280 e. The van der Waals surface area contributed by atoms with E-state index in [2.05, 4.69) is 15.0 Å². The fourth-order valence-corrected chi connectivity index (χ4v) is 2.82. The van der Waals surface area contributed by atoms with Gasteiger partial charge in [0.1, 0.15) is 6.10 Å².